The van der Waals surface area contributed by atoms with Crippen LogP contribution < -0.4 is 5.73 Å². The van der Waals surface area contributed by atoms with Gasteiger partial charge in [0.15, 0.2) is 11.2 Å². The Morgan fingerprint density at radius 3 is 2.59 bits per heavy atom. The van der Waals surface area contributed by atoms with E-state index in [0.29, 0.717) is 39.7 Å². The lowest BCUT2D eigenvalue weighted by molar-refractivity contribution is -0.119. The van der Waals surface area contributed by atoms with Gasteiger partial charge < -0.3 is 15.1 Å². The number of benzene rings is 2. The molecule has 3 atom stereocenters. The molecule has 212 valence electrons. The zero-order valence-corrected chi connectivity index (χ0v) is 24.1. The topological polar surface area (TPSA) is 119 Å². The van der Waals surface area contributed by atoms with Crippen molar-refractivity contribution in [1.29, 1.82) is 0 Å². The number of Topliss-reactive ketones (excluding diaryl/α,β-unsaturated/α-hetero) is 1. The van der Waals surface area contributed by atoms with Crippen LogP contribution in [0.15, 0.2) is 65.2 Å². The zero-order valence-electron chi connectivity index (χ0n) is 22.6. The zero-order chi connectivity index (χ0) is 29.1. The predicted octanol–water partition coefficient (Wildman–Crippen LogP) is 6.73. The molecule has 1 aliphatic rings. The van der Waals surface area contributed by atoms with Crippen LogP contribution in [-0.2, 0) is 4.79 Å². The highest BCUT2D eigenvalue weighted by Crippen LogP contribution is 2.36. The van der Waals surface area contributed by atoms with Crippen molar-refractivity contribution in [3.05, 3.63) is 82.3 Å². The van der Waals surface area contributed by atoms with Crippen LogP contribution >= 0.6 is 23.2 Å². The average molecular weight is 594 g/mol. The molecule has 0 aliphatic heterocycles. The Kier molecular flexibility index (Phi) is 8.71. The molecule has 1 saturated carbocycles. The molecule has 0 radical (unpaired) electrons. The Morgan fingerprint density at radius 2 is 1.88 bits per heavy atom. The van der Waals surface area contributed by atoms with Gasteiger partial charge in [0.05, 0.1) is 0 Å². The third-order valence-electron chi connectivity index (χ3n) is 7.68. The van der Waals surface area contributed by atoms with Gasteiger partial charge in [0.2, 0.25) is 11.7 Å². The second-order valence-corrected chi connectivity index (χ2v) is 11.2. The van der Waals surface area contributed by atoms with Crippen LogP contribution in [0.5, 0.6) is 0 Å². The predicted molar refractivity (Wildman–Crippen MR) is 158 cm³/mol. The van der Waals surface area contributed by atoms with E-state index in [0.717, 1.165) is 30.4 Å². The number of hydrogen-bond acceptors (Lipinski definition) is 6. The molecule has 5 rings (SSSR count). The molecule has 2 aromatic carbocycles. The Morgan fingerprint density at radius 1 is 1.07 bits per heavy atom. The van der Waals surface area contributed by atoms with E-state index in [1.54, 1.807) is 53.6 Å². The Hall–Kier alpha value is -3.75. The number of carbonyl (C=O) groups excluding carboxylic acids is 3. The van der Waals surface area contributed by atoms with E-state index >= 15 is 0 Å². The minimum atomic E-state index is -0.888. The van der Waals surface area contributed by atoms with Crippen LogP contribution in [0.2, 0.25) is 10.0 Å². The first-order valence-corrected chi connectivity index (χ1v) is 14.4. The molecule has 2 aromatic heterocycles. The number of hydrogen-bond donors (Lipinski definition) is 1. The summed E-state index contributed by atoms with van der Waals surface area (Å²) in [5.74, 6) is -1.52. The molecule has 41 heavy (non-hydrogen) atoms. The maximum Gasteiger partial charge on any atom is 0.268 e. The maximum absolute atomic E-state index is 14.4. The van der Waals surface area contributed by atoms with Gasteiger partial charge in [-0.2, -0.15) is 4.98 Å². The fraction of sp³-hybridized carbons (Fsp3) is 0.323. The highest BCUT2D eigenvalue weighted by atomic mass is 35.5. The van der Waals surface area contributed by atoms with Crippen LogP contribution in [0.25, 0.3) is 22.4 Å². The number of nitrogens with zero attached hydrogens (tertiary/aromatic N) is 3. The number of aromatic nitrogens is 2. The second kappa shape index (κ2) is 12.4. The van der Waals surface area contributed by atoms with Gasteiger partial charge >= 0.3 is 0 Å². The van der Waals surface area contributed by atoms with Crippen molar-refractivity contribution >= 4 is 52.0 Å². The third-order valence-corrected chi connectivity index (χ3v) is 8.22. The van der Waals surface area contributed by atoms with Crippen molar-refractivity contribution in [3.63, 3.8) is 0 Å². The summed E-state index contributed by atoms with van der Waals surface area (Å²) in [6.07, 6.45) is 5.14. The van der Waals surface area contributed by atoms with Gasteiger partial charge in [-0.15, -0.1) is 0 Å². The summed E-state index contributed by atoms with van der Waals surface area (Å²) in [5, 5.41) is 0.946. The Bertz CT molecular complexity index is 1570. The standard InChI is InChI=1S/C31H30Cl2N4O4/c1-2-24(28(39)30-36-29-26(41-30)11-6-14-35-29)37(25-10-4-3-7-19(25)17-27(34)38)31(40)20-12-13-22(23(33)16-20)18-8-5-9-21(32)15-18/h5-6,8-9,11-16,19,24-25H,2-4,7,10,17H2,1H3,(H2,34,38). The van der Waals surface area contributed by atoms with E-state index in [2.05, 4.69) is 9.97 Å². The summed E-state index contributed by atoms with van der Waals surface area (Å²) < 4.78 is 5.75. The molecule has 2 N–H and O–H groups in total. The lowest BCUT2D eigenvalue weighted by Crippen LogP contribution is -2.54. The number of fused-ring (bicyclic) bond motifs is 1. The van der Waals surface area contributed by atoms with Gasteiger partial charge in [-0.25, -0.2) is 4.98 Å². The van der Waals surface area contributed by atoms with Gasteiger partial charge in [0.1, 0.15) is 6.04 Å². The molecule has 2 amide bonds. The quantitative estimate of drug-likeness (QED) is 0.215. The fourth-order valence-electron chi connectivity index (χ4n) is 5.79. The smallest absolute Gasteiger partial charge is 0.268 e. The molecule has 3 unspecified atom stereocenters. The van der Waals surface area contributed by atoms with Crippen LogP contribution in [0.3, 0.4) is 0 Å². The summed E-state index contributed by atoms with van der Waals surface area (Å²) in [4.78, 5) is 50.4. The molecule has 1 aliphatic carbocycles. The number of amides is 2. The van der Waals surface area contributed by atoms with Gasteiger partial charge in [-0.3, -0.25) is 14.4 Å². The minimum Gasteiger partial charge on any atom is -0.432 e. The van der Waals surface area contributed by atoms with Crippen molar-refractivity contribution in [2.45, 2.75) is 57.5 Å². The first kappa shape index (κ1) is 28.8. The molecule has 2 heterocycles. The summed E-state index contributed by atoms with van der Waals surface area (Å²) in [5.41, 5.74) is 8.18. The van der Waals surface area contributed by atoms with Crippen LogP contribution in [0.4, 0.5) is 0 Å². The molecule has 4 aromatic rings. The van der Waals surface area contributed by atoms with E-state index in [1.165, 1.54) is 0 Å². The number of primary amides is 1. The Labute approximate surface area is 247 Å². The monoisotopic (exact) mass is 592 g/mol. The first-order valence-electron chi connectivity index (χ1n) is 13.7. The number of halogens is 2. The number of nitrogens with two attached hydrogens (primary N) is 1. The first-order chi connectivity index (χ1) is 19.8. The van der Waals surface area contributed by atoms with E-state index in [1.807, 2.05) is 19.1 Å². The highest BCUT2D eigenvalue weighted by Gasteiger charge is 2.41. The number of rotatable bonds is 9. The van der Waals surface area contributed by atoms with Crippen LogP contribution in [-0.4, -0.2) is 44.5 Å². The van der Waals surface area contributed by atoms with Gasteiger partial charge in [-0.05, 0) is 67.1 Å². The van der Waals surface area contributed by atoms with Crippen molar-refractivity contribution in [1.82, 2.24) is 14.9 Å². The molecule has 8 nitrogen and oxygen atoms in total. The third kappa shape index (κ3) is 6.14. The van der Waals surface area contributed by atoms with E-state index < -0.39 is 17.7 Å². The molecule has 1 fully saturated rings. The molecule has 0 spiro atoms. The summed E-state index contributed by atoms with van der Waals surface area (Å²) in [7, 11) is 0. The van der Waals surface area contributed by atoms with Crippen molar-refractivity contribution < 1.29 is 18.8 Å². The SMILES string of the molecule is CCC(C(=O)c1nc2ncccc2o1)N(C(=O)c1ccc(-c2cccc(Cl)c2)c(Cl)c1)C1CCCCC1CC(N)=O. The van der Waals surface area contributed by atoms with E-state index in [-0.39, 0.29) is 30.2 Å². The molecule has 10 heteroatoms. The van der Waals surface area contributed by atoms with Crippen molar-refractivity contribution in [2.24, 2.45) is 11.7 Å². The number of pyridine rings is 1. The highest BCUT2D eigenvalue weighted by molar-refractivity contribution is 6.34. The van der Waals surface area contributed by atoms with Crippen LogP contribution in [0, 0.1) is 5.92 Å². The second-order valence-electron chi connectivity index (χ2n) is 10.3. The number of oxazole rings is 1. The van der Waals surface area contributed by atoms with Crippen molar-refractivity contribution in [3.8, 4) is 11.1 Å². The molecule has 0 bridgehead atoms. The van der Waals surface area contributed by atoms with Crippen molar-refractivity contribution in [2.75, 3.05) is 0 Å². The Balaban J connectivity index is 1.55. The summed E-state index contributed by atoms with van der Waals surface area (Å²) in [6.45, 7) is 1.84. The van der Waals surface area contributed by atoms with E-state index in [4.69, 9.17) is 33.4 Å². The minimum absolute atomic E-state index is 0.111. The summed E-state index contributed by atoms with van der Waals surface area (Å²) in [6, 6.07) is 14.5. The van der Waals surface area contributed by atoms with Crippen LogP contribution in [0.1, 0.15) is 66.5 Å². The molecular weight excluding hydrogens is 563 g/mol. The average Bonchev–Trinajstić information content (AvgIpc) is 3.40. The molecular formula is C31H30Cl2N4O4. The fourth-order valence-corrected chi connectivity index (χ4v) is 6.27. The summed E-state index contributed by atoms with van der Waals surface area (Å²) >= 11 is 12.9. The largest absolute Gasteiger partial charge is 0.432 e. The van der Waals surface area contributed by atoms with Gasteiger partial charge in [0, 0.05) is 39.8 Å². The maximum atomic E-state index is 14.4. The van der Waals surface area contributed by atoms with E-state index in [9.17, 15) is 14.4 Å². The number of ketones is 1. The van der Waals surface area contributed by atoms with Gasteiger partial charge in [0.25, 0.3) is 11.8 Å². The van der Waals surface area contributed by atoms with Gasteiger partial charge in [-0.1, -0.05) is 61.2 Å². The number of carbonyl (C=O) groups is 3. The molecule has 0 saturated heterocycles. The normalized spacial score (nSPS) is 17.7. The lowest BCUT2D eigenvalue weighted by atomic mass is 9.80. The lowest BCUT2D eigenvalue weighted by Gasteiger charge is -2.43.